The van der Waals surface area contributed by atoms with Crippen LogP contribution in [0, 0.1) is 0 Å². The van der Waals surface area contributed by atoms with Crippen LogP contribution < -0.4 is 4.74 Å². The van der Waals surface area contributed by atoms with Gasteiger partial charge in [-0.1, -0.05) is 29.8 Å². The first-order valence-corrected chi connectivity index (χ1v) is 8.52. The second kappa shape index (κ2) is 8.21. The van der Waals surface area contributed by atoms with Gasteiger partial charge in [-0.3, -0.25) is 4.79 Å². The molecule has 1 saturated heterocycles. The highest BCUT2D eigenvalue weighted by Crippen LogP contribution is 2.19. The maximum atomic E-state index is 12.6. The van der Waals surface area contributed by atoms with Crippen molar-refractivity contribution in [2.45, 2.75) is 12.7 Å². The van der Waals surface area contributed by atoms with E-state index in [2.05, 4.69) is 0 Å². The van der Waals surface area contributed by atoms with Crippen LogP contribution in [-0.2, 0) is 16.1 Å². The summed E-state index contributed by atoms with van der Waals surface area (Å²) in [6.07, 6.45) is -0.989. The average Bonchev–Trinajstić information content (AvgIpc) is 2.67. The molecular weight excluding hydrogens is 358 g/mol. The lowest BCUT2D eigenvalue weighted by molar-refractivity contribution is -0.154. The van der Waals surface area contributed by atoms with Crippen LogP contribution in [-0.4, -0.2) is 47.7 Å². The fourth-order valence-corrected chi connectivity index (χ4v) is 2.76. The van der Waals surface area contributed by atoms with Crippen LogP contribution in [0.1, 0.15) is 15.9 Å². The van der Waals surface area contributed by atoms with E-state index in [0.717, 1.165) is 5.56 Å². The van der Waals surface area contributed by atoms with Crippen LogP contribution >= 0.6 is 11.6 Å². The number of halogens is 1. The summed E-state index contributed by atoms with van der Waals surface area (Å²) in [5, 5.41) is 9.72. The van der Waals surface area contributed by atoms with Crippen molar-refractivity contribution >= 4 is 23.5 Å². The zero-order valence-corrected chi connectivity index (χ0v) is 14.7. The normalized spacial score (nSPS) is 17.0. The van der Waals surface area contributed by atoms with Gasteiger partial charge < -0.3 is 19.5 Å². The van der Waals surface area contributed by atoms with Gasteiger partial charge in [0.25, 0.3) is 5.91 Å². The molecule has 0 spiro atoms. The largest absolute Gasteiger partial charge is 0.489 e. The number of benzene rings is 2. The third-order valence-corrected chi connectivity index (χ3v) is 4.28. The Morgan fingerprint density at radius 3 is 2.73 bits per heavy atom. The molecule has 2 aromatic carbocycles. The van der Waals surface area contributed by atoms with E-state index in [1.165, 1.54) is 4.90 Å². The average molecular weight is 376 g/mol. The van der Waals surface area contributed by atoms with E-state index in [0.29, 0.717) is 29.5 Å². The first-order valence-electron chi connectivity index (χ1n) is 8.14. The van der Waals surface area contributed by atoms with Crippen LogP contribution in [0.3, 0.4) is 0 Å². The molecule has 1 aliphatic heterocycles. The maximum Gasteiger partial charge on any atom is 0.334 e. The predicted octanol–water partition coefficient (Wildman–Crippen LogP) is 2.84. The number of hydrogen-bond donors (Lipinski definition) is 1. The lowest BCUT2D eigenvalue weighted by Crippen LogP contribution is -2.48. The molecule has 136 valence electrons. The van der Waals surface area contributed by atoms with Gasteiger partial charge in [-0.25, -0.2) is 4.79 Å². The molecule has 0 radical (unpaired) electrons. The van der Waals surface area contributed by atoms with E-state index in [-0.39, 0.29) is 19.1 Å². The maximum absolute atomic E-state index is 12.6. The van der Waals surface area contributed by atoms with Crippen molar-refractivity contribution in [1.29, 1.82) is 0 Å². The minimum Gasteiger partial charge on any atom is -0.489 e. The molecule has 0 bridgehead atoms. The van der Waals surface area contributed by atoms with Gasteiger partial charge in [-0.15, -0.1) is 0 Å². The number of carboxylic acid groups (broad SMARTS) is 1. The predicted molar refractivity (Wildman–Crippen MR) is 95.5 cm³/mol. The highest BCUT2D eigenvalue weighted by molar-refractivity contribution is 6.30. The smallest absolute Gasteiger partial charge is 0.334 e. The molecule has 1 aliphatic rings. The third-order valence-electron chi connectivity index (χ3n) is 4.03. The van der Waals surface area contributed by atoms with Crippen molar-refractivity contribution in [2.75, 3.05) is 19.7 Å². The van der Waals surface area contributed by atoms with E-state index in [4.69, 9.17) is 26.2 Å². The molecule has 0 aromatic heterocycles. The Morgan fingerprint density at radius 2 is 2.00 bits per heavy atom. The molecule has 1 unspecified atom stereocenters. The number of nitrogens with zero attached hydrogens (tertiary/aromatic N) is 1. The SMILES string of the molecule is O=C(O)C1CN(C(=O)c2cccc(OCc3ccc(Cl)cc3)c2)CCO1. The lowest BCUT2D eigenvalue weighted by Gasteiger charge is -2.31. The van der Waals surface area contributed by atoms with Crippen molar-refractivity contribution in [3.8, 4) is 5.75 Å². The van der Waals surface area contributed by atoms with Gasteiger partial charge >= 0.3 is 5.97 Å². The molecule has 3 rings (SSSR count). The number of rotatable bonds is 5. The highest BCUT2D eigenvalue weighted by Gasteiger charge is 2.29. The van der Waals surface area contributed by atoms with Crippen molar-refractivity contribution in [2.24, 2.45) is 0 Å². The quantitative estimate of drug-likeness (QED) is 0.869. The molecule has 1 fully saturated rings. The first-order chi connectivity index (χ1) is 12.5. The molecule has 1 heterocycles. The summed E-state index contributed by atoms with van der Waals surface area (Å²) in [6.45, 7) is 0.950. The fraction of sp³-hybridized carbons (Fsp3) is 0.263. The van der Waals surface area contributed by atoms with Crippen molar-refractivity contribution in [3.05, 3.63) is 64.7 Å². The molecule has 6 nitrogen and oxygen atoms in total. The van der Waals surface area contributed by atoms with Crippen molar-refractivity contribution in [3.63, 3.8) is 0 Å². The number of carbonyl (C=O) groups excluding carboxylic acids is 1. The second-order valence-corrected chi connectivity index (χ2v) is 6.33. The highest BCUT2D eigenvalue weighted by atomic mass is 35.5. The number of hydrogen-bond acceptors (Lipinski definition) is 4. The molecule has 26 heavy (non-hydrogen) atoms. The summed E-state index contributed by atoms with van der Waals surface area (Å²) in [6, 6.07) is 14.2. The number of carboxylic acids is 1. The molecule has 1 N–H and O–H groups in total. The third kappa shape index (κ3) is 4.53. The van der Waals surface area contributed by atoms with E-state index in [9.17, 15) is 9.59 Å². The van der Waals surface area contributed by atoms with Crippen molar-refractivity contribution < 1.29 is 24.2 Å². The Hall–Kier alpha value is -2.57. The Kier molecular flexibility index (Phi) is 5.75. The zero-order valence-electron chi connectivity index (χ0n) is 13.9. The van der Waals surface area contributed by atoms with E-state index in [1.54, 1.807) is 36.4 Å². The number of amides is 1. The van der Waals surface area contributed by atoms with E-state index >= 15 is 0 Å². The monoisotopic (exact) mass is 375 g/mol. The summed E-state index contributed by atoms with van der Waals surface area (Å²) >= 11 is 5.86. The Labute approximate surface area is 155 Å². The van der Waals surface area contributed by atoms with Crippen LogP contribution in [0.25, 0.3) is 0 Å². The molecule has 0 saturated carbocycles. The van der Waals surface area contributed by atoms with Gasteiger partial charge in [0.15, 0.2) is 6.10 Å². The molecule has 1 atom stereocenters. The summed E-state index contributed by atoms with van der Waals surface area (Å²) in [7, 11) is 0. The standard InChI is InChI=1S/C19H18ClNO5/c20-15-6-4-13(5-7-15)12-26-16-3-1-2-14(10-16)18(22)21-8-9-25-17(11-21)19(23)24/h1-7,10,17H,8-9,11-12H2,(H,23,24). The van der Waals surface area contributed by atoms with Gasteiger partial charge in [-0.05, 0) is 35.9 Å². The fourth-order valence-electron chi connectivity index (χ4n) is 2.63. The summed E-state index contributed by atoms with van der Waals surface area (Å²) in [5.74, 6) is -0.743. The molecule has 7 heteroatoms. The Morgan fingerprint density at radius 1 is 1.23 bits per heavy atom. The van der Waals surface area contributed by atoms with E-state index in [1.807, 2.05) is 12.1 Å². The van der Waals surface area contributed by atoms with Crippen LogP contribution in [0.4, 0.5) is 0 Å². The molecular formula is C19H18ClNO5. The number of ether oxygens (including phenoxy) is 2. The van der Waals surface area contributed by atoms with Crippen molar-refractivity contribution in [1.82, 2.24) is 4.90 Å². The minimum atomic E-state index is -1.07. The van der Waals surface area contributed by atoms with Crippen LogP contribution in [0.2, 0.25) is 5.02 Å². The molecule has 1 amide bonds. The van der Waals surface area contributed by atoms with Crippen LogP contribution in [0.5, 0.6) is 5.75 Å². The first kappa shape index (κ1) is 18.2. The van der Waals surface area contributed by atoms with Gasteiger partial charge in [0, 0.05) is 17.1 Å². The van der Waals surface area contributed by atoms with Gasteiger partial charge in [0.1, 0.15) is 12.4 Å². The summed E-state index contributed by atoms with van der Waals surface area (Å²) in [4.78, 5) is 25.2. The zero-order chi connectivity index (χ0) is 18.5. The van der Waals surface area contributed by atoms with Gasteiger partial charge in [0.05, 0.1) is 13.2 Å². The number of aliphatic carboxylic acids is 1. The van der Waals surface area contributed by atoms with Gasteiger partial charge in [0.2, 0.25) is 0 Å². The summed E-state index contributed by atoms with van der Waals surface area (Å²) < 4.78 is 10.9. The minimum absolute atomic E-state index is 0.0318. The Bertz CT molecular complexity index is 793. The summed E-state index contributed by atoms with van der Waals surface area (Å²) in [5.41, 5.74) is 1.41. The topological polar surface area (TPSA) is 76.1 Å². The second-order valence-electron chi connectivity index (χ2n) is 5.89. The van der Waals surface area contributed by atoms with Gasteiger partial charge in [-0.2, -0.15) is 0 Å². The number of morpholine rings is 1. The van der Waals surface area contributed by atoms with E-state index < -0.39 is 12.1 Å². The lowest BCUT2D eigenvalue weighted by atomic mass is 10.1. The Balaban J connectivity index is 1.65. The molecule has 0 aliphatic carbocycles. The number of carbonyl (C=O) groups is 2. The molecule has 2 aromatic rings. The van der Waals surface area contributed by atoms with Crippen LogP contribution in [0.15, 0.2) is 48.5 Å².